The molecule has 1 saturated heterocycles. The number of hydrogen-bond acceptors (Lipinski definition) is 2. The lowest BCUT2D eigenvalue weighted by Gasteiger charge is -2.19. The van der Waals surface area contributed by atoms with E-state index in [0.717, 1.165) is 16.5 Å². The van der Waals surface area contributed by atoms with Crippen molar-refractivity contribution in [1.29, 1.82) is 0 Å². The first kappa shape index (κ1) is 17.8. The maximum atomic E-state index is 12.7. The van der Waals surface area contributed by atoms with E-state index in [9.17, 15) is 9.59 Å². The van der Waals surface area contributed by atoms with Crippen molar-refractivity contribution in [2.24, 2.45) is 5.92 Å². The smallest absolute Gasteiger partial charge is 0.229 e. The molecule has 1 N–H and O–H groups in total. The lowest BCUT2D eigenvalue weighted by molar-refractivity contribution is -0.122. The molecular formula is C21H16Cl2N2O2. The summed E-state index contributed by atoms with van der Waals surface area (Å²) in [6.07, 6.45) is 0.160. The highest BCUT2D eigenvalue weighted by Crippen LogP contribution is 2.33. The van der Waals surface area contributed by atoms with Gasteiger partial charge in [-0.05, 0) is 23.6 Å². The van der Waals surface area contributed by atoms with Gasteiger partial charge in [-0.15, -0.1) is 0 Å². The second-order valence-corrected chi connectivity index (χ2v) is 7.28. The van der Waals surface area contributed by atoms with Gasteiger partial charge >= 0.3 is 0 Å². The van der Waals surface area contributed by atoms with Crippen molar-refractivity contribution in [2.45, 2.75) is 6.42 Å². The van der Waals surface area contributed by atoms with E-state index in [2.05, 4.69) is 5.32 Å². The number of carbonyl (C=O) groups is 2. The SMILES string of the molecule is O=C(Nc1cccc(Cl)c1Cl)[C@@H]1CC(=O)N(c2cccc3ccccc23)C1. The quantitative estimate of drug-likeness (QED) is 0.663. The Hall–Kier alpha value is -2.56. The van der Waals surface area contributed by atoms with Gasteiger partial charge < -0.3 is 10.2 Å². The molecule has 0 spiro atoms. The molecule has 0 saturated carbocycles. The number of nitrogens with one attached hydrogen (secondary N) is 1. The van der Waals surface area contributed by atoms with Crippen molar-refractivity contribution in [3.05, 3.63) is 70.7 Å². The zero-order chi connectivity index (χ0) is 19.0. The molecule has 1 aliphatic rings. The maximum Gasteiger partial charge on any atom is 0.229 e. The van der Waals surface area contributed by atoms with Gasteiger partial charge in [0, 0.05) is 18.4 Å². The van der Waals surface area contributed by atoms with Crippen LogP contribution >= 0.6 is 23.2 Å². The van der Waals surface area contributed by atoms with Crippen LogP contribution in [0.3, 0.4) is 0 Å². The van der Waals surface area contributed by atoms with Crippen LogP contribution in [0.5, 0.6) is 0 Å². The van der Waals surface area contributed by atoms with Gasteiger partial charge in [0.1, 0.15) is 0 Å². The largest absolute Gasteiger partial charge is 0.324 e. The number of fused-ring (bicyclic) bond motifs is 1. The van der Waals surface area contributed by atoms with Crippen molar-refractivity contribution in [1.82, 2.24) is 0 Å². The average molecular weight is 399 g/mol. The first-order valence-electron chi connectivity index (χ1n) is 8.57. The number of hydrogen-bond donors (Lipinski definition) is 1. The van der Waals surface area contributed by atoms with Crippen LogP contribution in [0.25, 0.3) is 10.8 Å². The fourth-order valence-electron chi connectivity index (χ4n) is 3.39. The van der Waals surface area contributed by atoms with Gasteiger partial charge in [-0.3, -0.25) is 9.59 Å². The van der Waals surface area contributed by atoms with E-state index in [0.29, 0.717) is 22.3 Å². The van der Waals surface area contributed by atoms with Crippen LogP contribution in [-0.4, -0.2) is 18.4 Å². The molecular weight excluding hydrogens is 383 g/mol. The summed E-state index contributed by atoms with van der Waals surface area (Å²) in [7, 11) is 0. The van der Waals surface area contributed by atoms with E-state index in [1.54, 1.807) is 23.1 Å². The van der Waals surface area contributed by atoms with E-state index >= 15 is 0 Å². The average Bonchev–Trinajstić information content (AvgIpc) is 3.06. The molecule has 0 bridgehead atoms. The normalized spacial score (nSPS) is 16.7. The molecule has 0 unspecified atom stereocenters. The first-order valence-corrected chi connectivity index (χ1v) is 9.33. The van der Waals surface area contributed by atoms with Gasteiger partial charge in [0.05, 0.1) is 27.3 Å². The Balaban J connectivity index is 1.57. The van der Waals surface area contributed by atoms with Crippen molar-refractivity contribution in [3.63, 3.8) is 0 Å². The molecule has 2 amide bonds. The van der Waals surface area contributed by atoms with Gasteiger partial charge in [0.2, 0.25) is 11.8 Å². The second kappa shape index (κ2) is 7.22. The third kappa shape index (κ3) is 3.38. The standard InChI is InChI=1S/C21H16Cl2N2O2/c22-16-8-4-9-17(20(16)23)24-21(27)14-11-19(26)25(12-14)18-10-3-6-13-5-1-2-7-15(13)18/h1-10,14H,11-12H2,(H,24,27)/t14-/m1/s1. The first-order chi connectivity index (χ1) is 13.0. The summed E-state index contributed by atoms with van der Waals surface area (Å²) in [5, 5.41) is 5.50. The molecule has 0 aliphatic carbocycles. The van der Waals surface area contributed by atoms with Gasteiger partial charge in [-0.2, -0.15) is 0 Å². The fourth-order valence-corrected chi connectivity index (χ4v) is 3.74. The minimum Gasteiger partial charge on any atom is -0.324 e. The Morgan fingerprint density at radius 2 is 1.74 bits per heavy atom. The highest BCUT2D eigenvalue weighted by molar-refractivity contribution is 6.44. The summed E-state index contributed by atoms with van der Waals surface area (Å²) in [5.74, 6) is -0.759. The van der Waals surface area contributed by atoms with Crippen LogP contribution in [0.1, 0.15) is 6.42 Å². The Kier molecular flexibility index (Phi) is 4.77. The zero-order valence-corrected chi connectivity index (χ0v) is 15.8. The maximum absolute atomic E-state index is 12.7. The zero-order valence-electron chi connectivity index (χ0n) is 14.3. The van der Waals surface area contributed by atoms with Crippen molar-refractivity contribution in [2.75, 3.05) is 16.8 Å². The summed E-state index contributed by atoms with van der Waals surface area (Å²) in [5.41, 5.74) is 1.28. The predicted octanol–water partition coefficient (Wildman–Crippen LogP) is 5.14. The van der Waals surface area contributed by atoms with Crippen LogP contribution in [-0.2, 0) is 9.59 Å². The van der Waals surface area contributed by atoms with E-state index in [1.165, 1.54) is 0 Å². The highest BCUT2D eigenvalue weighted by Gasteiger charge is 2.35. The second-order valence-electron chi connectivity index (χ2n) is 6.49. The molecule has 136 valence electrons. The molecule has 4 rings (SSSR count). The van der Waals surface area contributed by atoms with Crippen LogP contribution in [0.4, 0.5) is 11.4 Å². The Bertz CT molecular complexity index is 1050. The monoisotopic (exact) mass is 398 g/mol. The molecule has 1 heterocycles. The third-order valence-corrected chi connectivity index (χ3v) is 5.58. The van der Waals surface area contributed by atoms with Crippen LogP contribution in [0.15, 0.2) is 60.7 Å². The molecule has 0 radical (unpaired) electrons. The van der Waals surface area contributed by atoms with E-state index in [1.807, 2.05) is 42.5 Å². The van der Waals surface area contributed by atoms with E-state index in [-0.39, 0.29) is 18.2 Å². The number of nitrogens with zero attached hydrogens (tertiary/aromatic N) is 1. The number of carbonyl (C=O) groups excluding carboxylic acids is 2. The number of benzene rings is 3. The minimum atomic E-state index is -0.452. The molecule has 4 nitrogen and oxygen atoms in total. The summed E-state index contributed by atoms with van der Waals surface area (Å²) >= 11 is 12.1. The van der Waals surface area contributed by atoms with Gasteiger partial charge in [0.15, 0.2) is 0 Å². The molecule has 27 heavy (non-hydrogen) atoms. The molecule has 1 atom stereocenters. The molecule has 6 heteroatoms. The summed E-state index contributed by atoms with van der Waals surface area (Å²) in [6.45, 7) is 0.330. The fraction of sp³-hybridized carbons (Fsp3) is 0.143. The minimum absolute atomic E-state index is 0.0660. The van der Waals surface area contributed by atoms with Crippen molar-refractivity contribution in [3.8, 4) is 0 Å². The number of anilines is 2. The topological polar surface area (TPSA) is 49.4 Å². The van der Waals surface area contributed by atoms with Crippen LogP contribution < -0.4 is 10.2 Å². The molecule has 3 aromatic rings. The van der Waals surface area contributed by atoms with E-state index < -0.39 is 5.92 Å². The van der Waals surface area contributed by atoms with Gasteiger partial charge in [-0.25, -0.2) is 0 Å². The summed E-state index contributed by atoms with van der Waals surface area (Å²) in [6, 6.07) is 18.8. The third-order valence-electron chi connectivity index (χ3n) is 4.76. The molecule has 1 aliphatic heterocycles. The lowest BCUT2D eigenvalue weighted by atomic mass is 10.1. The predicted molar refractivity (Wildman–Crippen MR) is 109 cm³/mol. The Morgan fingerprint density at radius 1 is 1.00 bits per heavy atom. The number of amides is 2. The summed E-state index contributed by atoms with van der Waals surface area (Å²) in [4.78, 5) is 27.0. The van der Waals surface area contributed by atoms with Gasteiger partial charge in [0.25, 0.3) is 0 Å². The molecule has 0 aromatic heterocycles. The Morgan fingerprint density at radius 3 is 2.59 bits per heavy atom. The van der Waals surface area contributed by atoms with Crippen molar-refractivity contribution >= 4 is 57.2 Å². The molecule has 3 aromatic carbocycles. The van der Waals surface area contributed by atoms with Gasteiger partial charge in [-0.1, -0.05) is 65.7 Å². The number of rotatable bonds is 3. The molecule has 1 fully saturated rings. The van der Waals surface area contributed by atoms with Crippen LogP contribution in [0.2, 0.25) is 10.0 Å². The van der Waals surface area contributed by atoms with Crippen molar-refractivity contribution < 1.29 is 9.59 Å². The highest BCUT2D eigenvalue weighted by atomic mass is 35.5. The Labute approximate surface area is 166 Å². The van der Waals surface area contributed by atoms with E-state index in [4.69, 9.17) is 23.2 Å². The lowest BCUT2D eigenvalue weighted by Crippen LogP contribution is -2.28. The number of halogens is 2. The summed E-state index contributed by atoms with van der Waals surface area (Å²) < 4.78 is 0. The van der Waals surface area contributed by atoms with Crippen LogP contribution in [0, 0.1) is 5.92 Å².